The highest BCUT2D eigenvalue weighted by atomic mass is 32.1. The molecule has 1 aliphatic rings. The molecular formula is C21H17NO4S. The zero-order valence-electron chi connectivity index (χ0n) is 14.9. The highest BCUT2D eigenvalue weighted by Crippen LogP contribution is 2.32. The smallest absolute Gasteiger partial charge is 0.196 e. The number of nitrogens with zero attached hydrogens (tertiary/aromatic N) is 1. The van der Waals surface area contributed by atoms with Crippen molar-refractivity contribution in [2.75, 3.05) is 20.8 Å². The van der Waals surface area contributed by atoms with E-state index in [9.17, 15) is 4.79 Å². The number of benzene rings is 2. The molecule has 27 heavy (non-hydrogen) atoms. The Hall–Kier alpha value is -3.12. The fourth-order valence-electron chi connectivity index (χ4n) is 2.86. The van der Waals surface area contributed by atoms with Crippen LogP contribution in [0.2, 0.25) is 0 Å². The first-order chi connectivity index (χ1) is 13.2. The van der Waals surface area contributed by atoms with E-state index >= 15 is 0 Å². The summed E-state index contributed by atoms with van der Waals surface area (Å²) in [6, 6.07) is 13.0. The van der Waals surface area contributed by atoms with Gasteiger partial charge in [-0.15, -0.1) is 11.3 Å². The van der Waals surface area contributed by atoms with Crippen LogP contribution in [0.4, 0.5) is 0 Å². The number of ether oxygens (including phenoxy) is 3. The second-order valence-electron chi connectivity index (χ2n) is 5.96. The number of hydrogen-bond donors (Lipinski definition) is 0. The van der Waals surface area contributed by atoms with E-state index in [4.69, 9.17) is 14.2 Å². The van der Waals surface area contributed by atoms with Crippen molar-refractivity contribution in [3.63, 3.8) is 0 Å². The predicted octanol–water partition coefficient (Wildman–Crippen LogP) is 4.49. The van der Waals surface area contributed by atoms with Gasteiger partial charge in [0.1, 0.15) is 28.9 Å². The van der Waals surface area contributed by atoms with E-state index in [1.54, 1.807) is 38.5 Å². The first kappa shape index (κ1) is 17.3. The van der Waals surface area contributed by atoms with Crippen molar-refractivity contribution in [1.29, 1.82) is 0 Å². The number of carbonyl (C=O) groups is 1. The Bertz CT molecular complexity index is 1040. The molecule has 2 heterocycles. The molecule has 0 unspecified atom stereocenters. The molecule has 0 amide bonds. The summed E-state index contributed by atoms with van der Waals surface area (Å²) in [5.74, 6) is 1.92. The summed E-state index contributed by atoms with van der Waals surface area (Å²) in [5.41, 5.74) is 2.79. The van der Waals surface area contributed by atoms with Crippen LogP contribution in [0.1, 0.15) is 16.1 Å². The number of rotatable bonds is 4. The molecule has 136 valence electrons. The van der Waals surface area contributed by atoms with Crippen LogP contribution in [0, 0.1) is 0 Å². The van der Waals surface area contributed by atoms with Crippen LogP contribution in [0.3, 0.4) is 0 Å². The third-order valence-corrected chi connectivity index (χ3v) is 5.18. The first-order valence-corrected chi connectivity index (χ1v) is 9.22. The lowest BCUT2D eigenvalue weighted by atomic mass is 9.99. The quantitative estimate of drug-likeness (QED) is 0.625. The van der Waals surface area contributed by atoms with E-state index in [1.807, 2.05) is 29.6 Å². The van der Waals surface area contributed by atoms with E-state index in [0.717, 1.165) is 22.0 Å². The van der Waals surface area contributed by atoms with Crippen molar-refractivity contribution in [2.24, 2.45) is 0 Å². The average molecular weight is 379 g/mol. The molecule has 2 aromatic carbocycles. The molecule has 1 aliphatic heterocycles. The molecule has 3 aromatic rings. The summed E-state index contributed by atoms with van der Waals surface area (Å²) in [5, 5.41) is 2.79. The molecule has 0 atom stereocenters. The van der Waals surface area contributed by atoms with E-state index in [2.05, 4.69) is 4.98 Å². The van der Waals surface area contributed by atoms with Crippen LogP contribution in [-0.4, -0.2) is 31.6 Å². The third kappa shape index (κ3) is 3.44. The summed E-state index contributed by atoms with van der Waals surface area (Å²) in [4.78, 5) is 17.4. The highest BCUT2D eigenvalue weighted by molar-refractivity contribution is 7.13. The van der Waals surface area contributed by atoms with Crippen molar-refractivity contribution in [1.82, 2.24) is 4.98 Å². The number of Topliss-reactive ketones (excluding diaryl/α,β-unsaturated/α-hetero) is 1. The van der Waals surface area contributed by atoms with E-state index in [0.29, 0.717) is 22.6 Å². The van der Waals surface area contributed by atoms with Crippen LogP contribution in [-0.2, 0) is 0 Å². The molecule has 1 aromatic heterocycles. The second-order valence-corrected chi connectivity index (χ2v) is 6.82. The molecule has 6 heteroatoms. The molecular weight excluding hydrogens is 362 g/mol. The van der Waals surface area contributed by atoms with Gasteiger partial charge in [0, 0.05) is 16.5 Å². The number of methoxy groups -OCH3 is 2. The molecule has 0 aliphatic carbocycles. The standard InChI is InChI=1S/C21H17NO4S/c1-24-16-5-3-4-13(9-16)21-22-15(12-27-21)8-14-11-26-19-7-6-17(25-2)10-18(19)20(14)23/h3-10,12H,11H2,1-2H3/b14-8+. The predicted molar refractivity (Wildman–Crippen MR) is 105 cm³/mol. The summed E-state index contributed by atoms with van der Waals surface area (Å²) >= 11 is 1.52. The fourth-order valence-corrected chi connectivity index (χ4v) is 3.63. The Morgan fingerprint density at radius 3 is 2.74 bits per heavy atom. The minimum atomic E-state index is -0.0638. The molecule has 5 nitrogen and oxygen atoms in total. The molecule has 4 rings (SSSR count). The summed E-state index contributed by atoms with van der Waals surface area (Å²) in [6.45, 7) is 0.226. The summed E-state index contributed by atoms with van der Waals surface area (Å²) in [7, 11) is 3.21. The Balaban J connectivity index is 1.62. The number of aromatic nitrogens is 1. The number of hydrogen-bond acceptors (Lipinski definition) is 6. The molecule has 0 bridgehead atoms. The van der Waals surface area contributed by atoms with Gasteiger partial charge in [-0.3, -0.25) is 4.79 Å². The van der Waals surface area contributed by atoms with Crippen LogP contribution in [0.5, 0.6) is 17.2 Å². The first-order valence-electron chi connectivity index (χ1n) is 8.34. The number of fused-ring (bicyclic) bond motifs is 1. The van der Waals surface area contributed by atoms with Crippen molar-refractivity contribution in [3.05, 3.63) is 64.7 Å². The summed E-state index contributed by atoms with van der Waals surface area (Å²) < 4.78 is 16.2. The second kappa shape index (κ2) is 7.25. The maximum Gasteiger partial charge on any atom is 0.196 e. The lowest BCUT2D eigenvalue weighted by Crippen LogP contribution is -2.19. The maximum atomic E-state index is 12.8. The van der Waals surface area contributed by atoms with Gasteiger partial charge in [0.15, 0.2) is 5.78 Å². The molecule has 0 radical (unpaired) electrons. The van der Waals surface area contributed by atoms with E-state index in [-0.39, 0.29) is 12.4 Å². The summed E-state index contributed by atoms with van der Waals surface area (Å²) in [6.07, 6.45) is 1.78. The Morgan fingerprint density at radius 2 is 1.93 bits per heavy atom. The van der Waals surface area contributed by atoms with Crippen LogP contribution >= 0.6 is 11.3 Å². The Labute approximate surface area is 160 Å². The normalized spacial score (nSPS) is 14.6. The number of carbonyl (C=O) groups excluding carboxylic acids is 1. The lowest BCUT2D eigenvalue weighted by molar-refractivity contribution is 0.100. The molecule has 0 spiro atoms. The molecule has 0 N–H and O–H groups in total. The van der Waals surface area contributed by atoms with Crippen molar-refractivity contribution < 1.29 is 19.0 Å². The number of ketones is 1. The van der Waals surface area contributed by atoms with Gasteiger partial charge >= 0.3 is 0 Å². The van der Waals surface area contributed by atoms with Gasteiger partial charge in [-0.05, 0) is 36.4 Å². The molecule has 0 saturated heterocycles. The van der Waals surface area contributed by atoms with Gasteiger partial charge < -0.3 is 14.2 Å². The Kier molecular flexibility index (Phi) is 4.64. The SMILES string of the molecule is COc1cccc(-c2nc(/C=C3\COc4ccc(OC)cc4C3=O)cs2)c1. The van der Waals surface area contributed by atoms with E-state index < -0.39 is 0 Å². The number of thiazole rings is 1. The van der Waals surface area contributed by atoms with Crippen molar-refractivity contribution in [2.45, 2.75) is 0 Å². The van der Waals surface area contributed by atoms with Crippen LogP contribution in [0.25, 0.3) is 16.6 Å². The van der Waals surface area contributed by atoms with E-state index in [1.165, 1.54) is 11.3 Å². The van der Waals surface area contributed by atoms with Crippen LogP contribution < -0.4 is 14.2 Å². The van der Waals surface area contributed by atoms with Crippen molar-refractivity contribution >= 4 is 23.2 Å². The lowest BCUT2D eigenvalue weighted by Gasteiger charge is -2.19. The average Bonchev–Trinajstić information content (AvgIpc) is 3.18. The molecule has 0 saturated carbocycles. The fraction of sp³-hybridized carbons (Fsp3) is 0.143. The third-order valence-electron chi connectivity index (χ3n) is 4.27. The van der Waals surface area contributed by atoms with Crippen LogP contribution in [0.15, 0.2) is 53.4 Å². The van der Waals surface area contributed by atoms with Crippen molar-refractivity contribution in [3.8, 4) is 27.8 Å². The largest absolute Gasteiger partial charge is 0.497 e. The van der Waals surface area contributed by atoms with Gasteiger partial charge in [0.25, 0.3) is 0 Å². The topological polar surface area (TPSA) is 57.6 Å². The highest BCUT2D eigenvalue weighted by Gasteiger charge is 2.24. The maximum absolute atomic E-state index is 12.8. The minimum absolute atomic E-state index is 0.0638. The van der Waals surface area contributed by atoms with Gasteiger partial charge in [0.2, 0.25) is 0 Å². The van der Waals surface area contributed by atoms with Gasteiger partial charge in [-0.2, -0.15) is 0 Å². The zero-order valence-corrected chi connectivity index (χ0v) is 15.7. The Morgan fingerprint density at radius 1 is 1.11 bits per heavy atom. The van der Waals surface area contributed by atoms with Gasteiger partial charge in [0.05, 0.1) is 25.5 Å². The van der Waals surface area contributed by atoms with Gasteiger partial charge in [-0.25, -0.2) is 4.98 Å². The minimum Gasteiger partial charge on any atom is -0.497 e. The monoisotopic (exact) mass is 379 g/mol. The van der Waals surface area contributed by atoms with Gasteiger partial charge in [-0.1, -0.05) is 12.1 Å². The molecule has 0 fully saturated rings. The zero-order chi connectivity index (χ0) is 18.8.